The summed E-state index contributed by atoms with van der Waals surface area (Å²) in [7, 11) is -4.13. The van der Waals surface area contributed by atoms with Crippen LogP contribution in [0.15, 0.2) is 83.8 Å². The summed E-state index contributed by atoms with van der Waals surface area (Å²) in [6.45, 7) is 8.98. The molecule has 2 aromatic rings. The van der Waals surface area contributed by atoms with Crippen LogP contribution in [0, 0.1) is 19.8 Å². The van der Waals surface area contributed by atoms with Gasteiger partial charge in [0.15, 0.2) is 0 Å². The highest BCUT2D eigenvalue weighted by atomic mass is 35.5. The molecule has 0 aromatic heterocycles. The second-order valence-electron chi connectivity index (χ2n) is 7.18. The molecule has 0 heterocycles. The molecule has 2 aromatic carbocycles. The minimum absolute atomic E-state index is 0.0181. The summed E-state index contributed by atoms with van der Waals surface area (Å²) in [5.41, 5.74) is 2.75. The molecule has 0 spiro atoms. The van der Waals surface area contributed by atoms with Crippen molar-refractivity contribution in [2.24, 2.45) is 5.92 Å². The molecule has 2 unspecified atom stereocenters. The number of halogens is 1. The van der Waals surface area contributed by atoms with Gasteiger partial charge in [-0.25, -0.2) is 0 Å². The Bertz CT molecular complexity index is 1090. The SMILES string of the molecule is C=C/C=C\C(=C/C)C(C=O)CC(OS(=O)(=O)c1cc(Cl)c(C)cc1C)c1ccccc1. The molecule has 0 aliphatic carbocycles. The van der Waals surface area contributed by atoms with Crippen molar-refractivity contribution in [3.05, 3.63) is 101 Å². The summed E-state index contributed by atoms with van der Waals surface area (Å²) in [5.74, 6) is -0.552. The number of allylic oxidation sites excluding steroid dienone is 5. The molecule has 31 heavy (non-hydrogen) atoms. The monoisotopic (exact) mass is 458 g/mol. The Kier molecular flexibility index (Phi) is 8.99. The molecular weight excluding hydrogens is 432 g/mol. The minimum Gasteiger partial charge on any atom is -0.303 e. The number of aryl methyl sites for hydroxylation is 2. The van der Waals surface area contributed by atoms with E-state index in [1.807, 2.05) is 26.0 Å². The first-order valence-electron chi connectivity index (χ1n) is 9.89. The Labute approximate surface area is 190 Å². The van der Waals surface area contributed by atoms with Crippen molar-refractivity contribution < 1.29 is 17.4 Å². The Morgan fingerprint density at radius 3 is 2.42 bits per heavy atom. The minimum atomic E-state index is -4.13. The quantitative estimate of drug-likeness (QED) is 0.238. The highest BCUT2D eigenvalue weighted by Gasteiger charge is 2.28. The molecule has 0 aliphatic heterocycles. The predicted octanol–water partition coefficient (Wildman–Crippen LogP) is 6.30. The maximum atomic E-state index is 13.2. The van der Waals surface area contributed by atoms with Gasteiger partial charge in [-0.3, -0.25) is 4.18 Å². The maximum Gasteiger partial charge on any atom is 0.297 e. The number of carbonyl (C=O) groups is 1. The molecule has 0 amide bonds. The van der Waals surface area contributed by atoms with E-state index in [0.717, 1.165) is 17.4 Å². The molecule has 6 heteroatoms. The molecule has 0 fully saturated rings. The largest absolute Gasteiger partial charge is 0.303 e. The van der Waals surface area contributed by atoms with Crippen LogP contribution in [0.3, 0.4) is 0 Å². The van der Waals surface area contributed by atoms with Crippen LogP contribution < -0.4 is 0 Å². The lowest BCUT2D eigenvalue weighted by molar-refractivity contribution is -0.110. The third-order valence-electron chi connectivity index (χ3n) is 4.96. The van der Waals surface area contributed by atoms with Crippen LogP contribution >= 0.6 is 11.6 Å². The zero-order valence-electron chi connectivity index (χ0n) is 17.9. The van der Waals surface area contributed by atoms with Crippen LogP contribution in [0.2, 0.25) is 5.02 Å². The Hall–Kier alpha value is -2.47. The van der Waals surface area contributed by atoms with E-state index in [-0.39, 0.29) is 11.3 Å². The predicted molar refractivity (Wildman–Crippen MR) is 126 cm³/mol. The number of rotatable bonds is 10. The van der Waals surface area contributed by atoms with Gasteiger partial charge in [0.2, 0.25) is 0 Å². The van der Waals surface area contributed by atoms with Gasteiger partial charge in [0.05, 0.1) is 4.90 Å². The highest BCUT2D eigenvalue weighted by molar-refractivity contribution is 7.86. The van der Waals surface area contributed by atoms with Gasteiger partial charge in [0.1, 0.15) is 12.4 Å². The zero-order valence-corrected chi connectivity index (χ0v) is 19.5. The third kappa shape index (κ3) is 6.50. The second kappa shape index (κ2) is 11.2. The molecular formula is C25H27ClO4S. The van der Waals surface area contributed by atoms with Gasteiger partial charge < -0.3 is 4.79 Å². The molecule has 2 atom stereocenters. The van der Waals surface area contributed by atoms with Crippen molar-refractivity contribution in [2.75, 3.05) is 0 Å². The van der Waals surface area contributed by atoms with Crippen LogP contribution in [-0.4, -0.2) is 14.7 Å². The summed E-state index contributed by atoms with van der Waals surface area (Å²) < 4.78 is 32.0. The average Bonchev–Trinajstić information content (AvgIpc) is 2.75. The summed E-state index contributed by atoms with van der Waals surface area (Å²) in [6.07, 6.45) is 7.07. The molecule has 0 radical (unpaired) electrons. The van der Waals surface area contributed by atoms with Gasteiger partial charge in [0.25, 0.3) is 10.1 Å². The zero-order chi connectivity index (χ0) is 23.0. The van der Waals surface area contributed by atoms with Crippen LogP contribution in [0.5, 0.6) is 0 Å². The lowest BCUT2D eigenvalue weighted by Crippen LogP contribution is -2.18. The lowest BCUT2D eigenvalue weighted by atomic mass is 9.91. The third-order valence-corrected chi connectivity index (χ3v) is 6.83. The highest BCUT2D eigenvalue weighted by Crippen LogP contribution is 2.33. The van der Waals surface area contributed by atoms with Crippen molar-refractivity contribution >= 4 is 28.0 Å². The first kappa shape index (κ1) is 24.8. The molecule has 164 valence electrons. The van der Waals surface area contributed by atoms with Crippen LogP contribution in [-0.2, 0) is 19.1 Å². The fourth-order valence-corrected chi connectivity index (χ4v) is 4.84. The maximum absolute atomic E-state index is 13.2. The average molecular weight is 459 g/mol. The molecule has 0 aliphatic rings. The topological polar surface area (TPSA) is 60.4 Å². The van der Waals surface area contributed by atoms with Crippen LogP contribution in [0.25, 0.3) is 0 Å². The Balaban J connectivity index is 2.46. The number of aldehydes is 1. The van der Waals surface area contributed by atoms with E-state index in [2.05, 4.69) is 6.58 Å². The molecule has 0 bridgehead atoms. The van der Waals surface area contributed by atoms with E-state index in [1.54, 1.807) is 55.5 Å². The first-order chi connectivity index (χ1) is 14.7. The van der Waals surface area contributed by atoms with Gasteiger partial charge >= 0.3 is 0 Å². The smallest absolute Gasteiger partial charge is 0.297 e. The molecule has 0 N–H and O–H groups in total. The number of hydrogen-bond acceptors (Lipinski definition) is 4. The van der Waals surface area contributed by atoms with E-state index >= 15 is 0 Å². The Morgan fingerprint density at radius 2 is 1.84 bits per heavy atom. The van der Waals surface area contributed by atoms with Gasteiger partial charge in [-0.2, -0.15) is 8.42 Å². The summed E-state index contributed by atoms with van der Waals surface area (Å²) >= 11 is 6.17. The lowest BCUT2D eigenvalue weighted by Gasteiger charge is -2.22. The van der Waals surface area contributed by atoms with E-state index in [0.29, 0.717) is 16.1 Å². The number of benzene rings is 2. The van der Waals surface area contributed by atoms with E-state index < -0.39 is 22.1 Å². The van der Waals surface area contributed by atoms with E-state index in [1.165, 1.54) is 6.07 Å². The van der Waals surface area contributed by atoms with E-state index in [9.17, 15) is 13.2 Å². The van der Waals surface area contributed by atoms with Gasteiger partial charge in [0, 0.05) is 10.9 Å². The second-order valence-corrected chi connectivity index (χ2v) is 9.13. The fraction of sp³-hybridized carbons (Fsp3) is 0.240. The first-order valence-corrected chi connectivity index (χ1v) is 11.7. The van der Waals surface area contributed by atoms with Gasteiger partial charge in [-0.1, -0.05) is 78.9 Å². The van der Waals surface area contributed by atoms with Crippen LogP contribution in [0.4, 0.5) is 0 Å². The number of carbonyl (C=O) groups excluding carboxylic acids is 1. The number of hydrogen-bond donors (Lipinski definition) is 0. The summed E-state index contributed by atoms with van der Waals surface area (Å²) in [5, 5.41) is 0.348. The molecule has 4 nitrogen and oxygen atoms in total. The van der Waals surface area contributed by atoms with Crippen molar-refractivity contribution in [1.82, 2.24) is 0 Å². The van der Waals surface area contributed by atoms with Gasteiger partial charge in [-0.05, 0) is 55.5 Å². The molecule has 0 saturated carbocycles. The fourth-order valence-electron chi connectivity index (χ4n) is 3.29. The van der Waals surface area contributed by atoms with Crippen molar-refractivity contribution in [3.63, 3.8) is 0 Å². The molecule has 0 saturated heterocycles. The summed E-state index contributed by atoms with van der Waals surface area (Å²) in [4.78, 5) is 11.9. The van der Waals surface area contributed by atoms with Crippen molar-refractivity contribution in [1.29, 1.82) is 0 Å². The Morgan fingerprint density at radius 1 is 1.16 bits per heavy atom. The summed E-state index contributed by atoms with van der Waals surface area (Å²) in [6, 6.07) is 12.1. The normalized spacial score (nSPS) is 14.4. The van der Waals surface area contributed by atoms with Gasteiger partial charge in [-0.15, -0.1) is 0 Å². The standard InChI is InChI=1S/C25H27ClO4S/c1-5-7-11-20(6-2)22(17-27)15-24(21-12-9-8-10-13-21)30-31(28,29)25-16-23(26)18(3)14-19(25)4/h5-14,16-17,22,24H,1,15H2,2-4H3/b11-7-,20-6+. The van der Waals surface area contributed by atoms with E-state index in [4.69, 9.17) is 15.8 Å². The van der Waals surface area contributed by atoms with Crippen LogP contribution in [0.1, 0.15) is 36.1 Å². The molecule has 2 rings (SSSR count). The van der Waals surface area contributed by atoms with Crippen molar-refractivity contribution in [3.8, 4) is 0 Å². The van der Waals surface area contributed by atoms with Crippen molar-refractivity contribution in [2.45, 2.75) is 38.2 Å².